The number of ether oxygens (including phenoxy) is 2. The van der Waals surface area contributed by atoms with E-state index in [0.717, 1.165) is 5.56 Å². The number of imide groups is 1. The Morgan fingerprint density at radius 3 is 2.29 bits per heavy atom. The monoisotopic (exact) mass is 337 g/mol. The lowest BCUT2D eigenvalue weighted by Crippen LogP contribution is -2.50. The van der Waals surface area contributed by atoms with Crippen molar-refractivity contribution in [1.29, 1.82) is 0 Å². The van der Waals surface area contributed by atoms with Gasteiger partial charge in [0.05, 0.1) is 20.8 Å². The summed E-state index contributed by atoms with van der Waals surface area (Å²) >= 11 is 0. The summed E-state index contributed by atoms with van der Waals surface area (Å²) < 4.78 is 10.5. The Balaban J connectivity index is 2.55. The molecule has 1 aromatic rings. The second-order valence-corrected chi connectivity index (χ2v) is 6.61. The SMILES string of the molecule is COc1ccc(CN(C)CC(=O)NC(=O)NC(C)(C)C)cc1OC. The molecule has 0 atom stereocenters. The van der Waals surface area contributed by atoms with Crippen molar-refractivity contribution in [2.75, 3.05) is 27.8 Å². The van der Waals surface area contributed by atoms with Crippen LogP contribution in [0.5, 0.6) is 11.5 Å². The van der Waals surface area contributed by atoms with Crippen LogP contribution in [-0.2, 0) is 11.3 Å². The Bertz CT molecular complexity index is 582. The molecule has 0 aromatic heterocycles. The zero-order valence-corrected chi connectivity index (χ0v) is 15.2. The molecule has 0 unspecified atom stereocenters. The Hall–Kier alpha value is -2.28. The first-order valence-corrected chi connectivity index (χ1v) is 7.66. The van der Waals surface area contributed by atoms with E-state index in [2.05, 4.69) is 10.6 Å². The van der Waals surface area contributed by atoms with Gasteiger partial charge in [-0.1, -0.05) is 6.07 Å². The van der Waals surface area contributed by atoms with Crippen LogP contribution in [0, 0.1) is 0 Å². The third-order valence-corrected chi connectivity index (χ3v) is 3.06. The van der Waals surface area contributed by atoms with E-state index in [1.165, 1.54) is 0 Å². The van der Waals surface area contributed by atoms with Crippen LogP contribution < -0.4 is 20.1 Å². The molecule has 24 heavy (non-hydrogen) atoms. The van der Waals surface area contributed by atoms with E-state index in [4.69, 9.17) is 9.47 Å². The minimum Gasteiger partial charge on any atom is -0.493 e. The van der Waals surface area contributed by atoms with Crippen LogP contribution in [0.3, 0.4) is 0 Å². The maximum absolute atomic E-state index is 11.9. The second-order valence-electron chi connectivity index (χ2n) is 6.61. The van der Waals surface area contributed by atoms with E-state index >= 15 is 0 Å². The van der Waals surface area contributed by atoms with Gasteiger partial charge in [-0.2, -0.15) is 0 Å². The van der Waals surface area contributed by atoms with Crippen LogP contribution in [0.15, 0.2) is 18.2 Å². The minimum atomic E-state index is -0.494. The molecule has 0 saturated carbocycles. The second kappa shape index (κ2) is 8.54. The molecule has 0 radical (unpaired) electrons. The molecule has 1 rings (SSSR count). The zero-order valence-electron chi connectivity index (χ0n) is 15.2. The molecule has 0 aliphatic carbocycles. The summed E-state index contributed by atoms with van der Waals surface area (Å²) in [5.41, 5.74) is 0.581. The number of amides is 3. The Morgan fingerprint density at radius 2 is 1.75 bits per heavy atom. The molecule has 0 bridgehead atoms. The quantitative estimate of drug-likeness (QED) is 0.827. The summed E-state index contributed by atoms with van der Waals surface area (Å²) in [6.07, 6.45) is 0. The predicted octanol–water partition coefficient (Wildman–Crippen LogP) is 1.76. The lowest BCUT2D eigenvalue weighted by molar-refractivity contribution is -0.121. The maximum atomic E-state index is 11.9. The van der Waals surface area contributed by atoms with Gasteiger partial charge in [-0.3, -0.25) is 15.0 Å². The van der Waals surface area contributed by atoms with Gasteiger partial charge in [0.2, 0.25) is 5.91 Å². The summed E-state index contributed by atoms with van der Waals surface area (Å²) in [6, 6.07) is 5.09. The average molecular weight is 337 g/mol. The molecule has 134 valence electrons. The molecule has 0 saturated heterocycles. The van der Waals surface area contributed by atoms with Gasteiger partial charge in [0.25, 0.3) is 0 Å². The summed E-state index contributed by atoms with van der Waals surface area (Å²) in [5.74, 6) is 0.928. The first-order valence-electron chi connectivity index (χ1n) is 7.66. The number of benzene rings is 1. The summed E-state index contributed by atoms with van der Waals surface area (Å²) in [6.45, 7) is 6.18. The van der Waals surface area contributed by atoms with Crippen LogP contribution in [0.4, 0.5) is 4.79 Å². The highest BCUT2D eigenvalue weighted by Crippen LogP contribution is 2.27. The number of rotatable bonds is 6. The maximum Gasteiger partial charge on any atom is 0.321 e. The molecule has 0 spiro atoms. The van der Waals surface area contributed by atoms with E-state index in [9.17, 15) is 9.59 Å². The first kappa shape index (κ1) is 19.8. The van der Waals surface area contributed by atoms with Gasteiger partial charge < -0.3 is 14.8 Å². The number of likely N-dealkylation sites (N-methyl/N-ethyl adjacent to an activating group) is 1. The van der Waals surface area contributed by atoms with Crippen molar-refractivity contribution < 1.29 is 19.1 Å². The smallest absolute Gasteiger partial charge is 0.321 e. The van der Waals surface area contributed by atoms with Crippen LogP contribution in [-0.4, -0.2) is 50.2 Å². The lowest BCUT2D eigenvalue weighted by Gasteiger charge is -2.21. The van der Waals surface area contributed by atoms with E-state index in [0.29, 0.717) is 18.0 Å². The number of urea groups is 1. The zero-order chi connectivity index (χ0) is 18.3. The van der Waals surface area contributed by atoms with Crippen LogP contribution >= 0.6 is 0 Å². The van der Waals surface area contributed by atoms with E-state index in [1.807, 2.05) is 39.0 Å². The molecular formula is C17H27N3O4. The normalized spacial score (nSPS) is 11.1. The number of methoxy groups -OCH3 is 2. The molecule has 0 heterocycles. The topological polar surface area (TPSA) is 79.9 Å². The average Bonchev–Trinajstić information content (AvgIpc) is 2.44. The van der Waals surface area contributed by atoms with E-state index in [1.54, 1.807) is 26.2 Å². The van der Waals surface area contributed by atoms with Crippen molar-refractivity contribution in [2.45, 2.75) is 32.9 Å². The van der Waals surface area contributed by atoms with Crippen LogP contribution in [0.25, 0.3) is 0 Å². The number of carbonyl (C=O) groups excluding carboxylic acids is 2. The summed E-state index contributed by atoms with van der Waals surface area (Å²) in [7, 11) is 4.96. The van der Waals surface area contributed by atoms with Crippen molar-refractivity contribution in [3.8, 4) is 11.5 Å². The molecular weight excluding hydrogens is 310 g/mol. The van der Waals surface area contributed by atoms with Crippen LogP contribution in [0.1, 0.15) is 26.3 Å². The van der Waals surface area contributed by atoms with Crippen molar-refractivity contribution in [2.24, 2.45) is 0 Å². The molecule has 2 N–H and O–H groups in total. The van der Waals surface area contributed by atoms with Gasteiger partial charge in [0.1, 0.15) is 0 Å². The highest BCUT2D eigenvalue weighted by molar-refractivity contribution is 5.95. The molecule has 7 heteroatoms. The van der Waals surface area contributed by atoms with Crippen molar-refractivity contribution in [1.82, 2.24) is 15.5 Å². The Kier molecular flexibility index (Phi) is 7.03. The number of nitrogens with one attached hydrogen (secondary N) is 2. The molecule has 0 aliphatic rings. The van der Waals surface area contributed by atoms with Gasteiger partial charge >= 0.3 is 6.03 Å². The van der Waals surface area contributed by atoms with E-state index in [-0.39, 0.29) is 12.5 Å². The fraction of sp³-hybridized carbons (Fsp3) is 0.529. The molecule has 7 nitrogen and oxygen atoms in total. The number of nitrogens with zero attached hydrogens (tertiary/aromatic N) is 1. The van der Waals surface area contributed by atoms with Gasteiger partial charge in [0, 0.05) is 12.1 Å². The Morgan fingerprint density at radius 1 is 1.12 bits per heavy atom. The van der Waals surface area contributed by atoms with Gasteiger partial charge in [-0.15, -0.1) is 0 Å². The predicted molar refractivity (Wildman–Crippen MR) is 92.3 cm³/mol. The highest BCUT2D eigenvalue weighted by Gasteiger charge is 2.16. The number of hydrogen-bond donors (Lipinski definition) is 2. The molecule has 3 amide bonds. The Labute approximate surface area is 143 Å². The van der Waals surface area contributed by atoms with E-state index < -0.39 is 11.6 Å². The first-order chi connectivity index (χ1) is 11.1. The number of hydrogen-bond acceptors (Lipinski definition) is 5. The fourth-order valence-corrected chi connectivity index (χ4v) is 2.13. The van der Waals surface area contributed by atoms with Gasteiger partial charge in [-0.25, -0.2) is 4.79 Å². The highest BCUT2D eigenvalue weighted by atomic mass is 16.5. The van der Waals surface area contributed by atoms with Crippen molar-refractivity contribution in [3.63, 3.8) is 0 Å². The molecule has 1 aromatic carbocycles. The van der Waals surface area contributed by atoms with Gasteiger partial charge in [0.15, 0.2) is 11.5 Å². The fourth-order valence-electron chi connectivity index (χ4n) is 2.13. The summed E-state index contributed by atoms with van der Waals surface area (Å²) in [4.78, 5) is 25.4. The largest absolute Gasteiger partial charge is 0.493 e. The van der Waals surface area contributed by atoms with Gasteiger partial charge in [-0.05, 0) is 45.5 Å². The van der Waals surface area contributed by atoms with Crippen LogP contribution in [0.2, 0.25) is 0 Å². The summed E-state index contributed by atoms with van der Waals surface area (Å²) in [5, 5.41) is 5.00. The third kappa shape index (κ3) is 6.87. The van der Waals surface area contributed by atoms with Crippen molar-refractivity contribution in [3.05, 3.63) is 23.8 Å². The standard InChI is InChI=1S/C17H27N3O4/c1-17(2,3)19-16(22)18-15(21)11-20(4)10-12-7-8-13(23-5)14(9-12)24-6/h7-9H,10-11H2,1-6H3,(H2,18,19,21,22). The number of carbonyl (C=O) groups is 2. The lowest BCUT2D eigenvalue weighted by atomic mass is 10.1. The third-order valence-electron chi connectivity index (χ3n) is 3.06. The molecule has 0 aliphatic heterocycles. The minimum absolute atomic E-state index is 0.103. The van der Waals surface area contributed by atoms with Crippen molar-refractivity contribution >= 4 is 11.9 Å². The molecule has 0 fully saturated rings.